The van der Waals surface area contributed by atoms with Crippen LogP contribution in [0, 0.1) is 12.8 Å². The molecule has 0 bridgehead atoms. The van der Waals surface area contributed by atoms with Crippen LogP contribution in [0.2, 0.25) is 0 Å². The van der Waals surface area contributed by atoms with E-state index in [1.165, 1.54) is 0 Å². The van der Waals surface area contributed by atoms with Gasteiger partial charge in [0.1, 0.15) is 6.54 Å². The lowest BCUT2D eigenvalue weighted by Gasteiger charge is -2.24. The summed E-state index contributed by atoms with van der Waals surface area (Å²) in [5.41, 5.74) is 1.84. The highest BCUT2D eigenvalue weighted by atomic mass is 32.2. The molecule has 0 spiro atoms. The van der Waals surface area contributed by atoms with Gasteiger partial charge in [-0.1, -0.05) is 0 Å². The van der Waals surface area contributed by atoms with Gasteiger partial charge in [0, 0.05) is 28.3 Å². The van der Waals surface area contributed by atoms with Crippen LogP contribution in [0.5, 0.6) is 0 Å². The van der Waals surface area contributed by atoms with Gasteiger partial charge in [-0.15, -0.1) is 0 Å². The van der Waals surface area contributed by atoms with Gasteiger partial charge in [0.15, 0.2) is 12.0 Å². The summed E-state index contributed by atoms with van der Waals surface area (Å²) in [7, 11) is 0. The third-order valence-corrected chi connectivity index (χ3v) is 5.75. The van der Waals surface area contributed by atoms with Crippen molar-refractivity contribution in [2.24, 2.45) is 10.9 Å². The van der Waals surface area contributed by atoms with Crippen molar-refractivity contribution in [1.29, 1.82) is 0 Å². The molecule has 1 aliphatic carbocycles. The van der Waals surface area contributed by atoms with Crippen molar-refractivity contribution in [3.63, 3.8) is 0 Å². The molecule has 0 atom stereocenters. The lowest BCUT2D eigenvalue weighted by Crippen LogP contribution is -2.42. The molecule has 29 heavy (non-hydrogen) atoms. The second kappa shape index (κ2) is 7.41. The summed E-state index contributed by atoms with van der Waals surface area (Å²) < 4.78 is 2.13. The number of anilines is 2. The number of rotatable bonds is 6. The number of carbonyl (C=O) groups is 1. The minimum absolute atomic E-state index is 0.125. The molecule has 3 aliphatic rings. The third-order valence-electron chi connectivity index (χ3n) is 4.80. The summed E-state index contributed by atoms with van der Waals surface area (Å²) >= 11 is 1.62. The van der Waals surface area contributed by atoms with E-state index in [9.17, 15) is 4.79 Å². The highest BCUT2D eigenvalue weighted by Gasteiger charge is 2.37. The van der Waals surface area contributed by atoms with Gasteiger partial charge in [-0.25, -0.2) is 0 Å². The Balaban J connectivity index is 1.29. The van der Waals surface area contributed by atoms with Gasteiger partial charge >= 0.3 is 0 Å². The van der Waals surface area contributed by atoms with Crippen molar-refractivity contribution in [3.05, 3.63) is 60.4 Å². The molecule has 1 aromatic carbocycles. The monoisotopic (exact) mass is 407 g/mol. The van der Waals surface area contributed by atoms with Crippen LogP contribution in [0.4, 0.5) is 11.5 Å². The molecular formula is C20H21N7OS+. The van der Waals surface area contributed by atoms with Crippen LogP contribution in [-0.2, 0) is 4.79 Å². The highest BCUT2D eigenvalue weighted by Crippen LogP contribution is 2.31. The number of aromatic amines is 1. The van der Waals surface area contributed by atoms with Crippen LogP contribution in [0.25, 0.3) is 0 Å². The number of H-pyrrole nitrogens is 1. The number of nitrogens with zero attached hydrogens (tertiary/aromatic N) is 4. The average Bonchev–Trinajstić information content (AvgIpc) is 3.32. The number of hydrogen-bond acceptors (Lipinski definition) is 7. The average molecular weight is 408 g/mol. The smallest absolute Gasteiger partial charge is 0.285 e. The molecule has 1 saturated carbocycles. The number of carbonyl (C=O) groups excluding carboxylic acids is 1. The van der Waals surface area contributed by atoms with Crippen molar-refractivity contribution >= 4 is 35.2 Å². The summed E-state index contributed by atoms with van der Waals surface area (Å²) in [6.07, 6.45) is 7.79. The van der Waals surface area contributed by atoms with Crippen LogP contribution >= 0.6 is 11.9 Å². The molecule has 8 nitrogen and oxygen atoms in total. The zero-order chi connectivity index (χ0) is 19.8. The molecule has 3 heterocycles. The molecule has 1 amide bonds. The third kappa shape index (κ3) is 4.06. The molecule has 2 aromatic rings. The molecule has 0 saturated heterocycles. The number of aliphatic imine (C=N–C) groups is 1. The number of amidine groups is 1. The maximum Gasteiger partial charge on any atom is 0.285 e. The Kier molecular flexibility index (Phi) is 4.61. The minimum Gasteiger partial charge on any atom is -0.326 e. The van der Waals surface area contributed by atoms with E-state index in [1.54, 1.807) is 18.1 Å². The Morgan fingerprint density at radius 1 is 1.31 bits per heavy atom. The van der Waals surface area contributed by atoms with E-state index in [1.807, 2.05) is 54.6 Å². The zero-order valence-electron chi connectivity index (χ0n) is 15.9. The lowest BCUT2D eigenvalue weighted by atomic mass is 10.3. The summed E-state index contributed by atoms with van der Waals surface area (Å²) in [6.45, 7) is 2.65. The van der Waals surface area contributed by atoms with E-state index in [0.717, 1.165) is 46.6 Å². The number of nitrogens with one attached hydrogen (secondary N) is 3. The fourth-order valence-electron chi connectivity index (χ4n) is 3.14. The topological polar surface area (TPSA) is 91.3 Å². The van der Waals surface area contributed by atoms with Gasteiger partial charge in [0.2, 0.25) is 5.91 Å². The number of hydrogen-bond donors (Lipinski definition) is 3. The van der Waals surface area contributed by atoms with Crippen LogP contribution in [0.3, 0.4) is 0 Å². The number of aryl methyl sites for hydroxylation is 1. The Bertz CT molecular complexity index is 1020. The summed E-state index contributed by atoms with van der Waals surface area (Å²) in [5, 5.41) is 13.5. The van der Waals surface area contributed by atoms with E-state index in [4.69, 9.17) is 0 Å². The van der Waals surface area contributed by atoms with Crippen LogP contribution < -0.4 is 15.5 Å². The van der Waals surface area contributed by atoms with Gasteiger partial charge in [-0.05, 0) is 60.9 Å². The van der Waals surface area contributed by atoms with E-state index in [-0.39, 0.29) is 11.8 Å². The fourth-order valence-corrected chi connectivity index (χ4v) is 4.00. The van der Waals surface area contributed by atoms with Gasteiger partial charge in [-0.2, -0.15) is 10.1 Å². The van der Waals surface area contributed by atoms with Gasteiger partial charge in [0.05, 0.1) is 12.4 Å². The normalized spacial score (nSPS) is 18.3. The summed E-state index contributed by atoms with van der Waals surface area (Å²) in [4.78, 5) is 19.5. The van der Waals surface area contributed by atoms with Crippen LogP contribution in [0.1, 0.15) is 18.5 Å². The Labute approximate surface area is 172 Å². The SMILES string of the molecule is Cc1cc(NC2=CN(Sc3ccc(NC(=O)C4CC4)cc3)CC3=NC=C[N+]23)n[nH]1. The number of benzene rings is 1. The van der Waals surface area contributed by atoms with Crippen LogP contribution in [0.15, 0.2) is 64.6 Å². The second-order valence-corrected chi connectivity index (χ2v) is 8.37. The number of aromatic nitrogens is 2. The largest absolute Gasteiger partial charge is 0.326 e. The summed E-state index contributed by atoms with van der Waals surface area (Å²) in [6, 6.07) is 9.89. The maximum absolute atomic E-state index is 11.9. The molecular weight excluding hydrogens is 386 g/mol. The van der Waals surface area contributed by atoms with Gasteiger partial charge in [0.25, 0.3) is 11.7 Å². The molecule has 147 valence electrons. The molecule has 1 fully saturated rings. The minimum atomic E-state index is 0.125. The van der Waals surface area contributed by atoms with Crippen LogP contribution in [-0.4, -0.2) is 32.8 Å². The molecule has 9 heteroatoms. The Morgan fingerprint density at radius 3 is 2.86 bits per heavy atom. The second-order valence-electron chi connectivity index (χ2n) is 7.24. The van der Waals surface area contributed by atoms with E-state index >= 15 is 0 Å². The summed E-state index contributed by atoms with van der Waals surface area (Å²) in [5.74, 6) is 2.92. The predicted molar refractivity (Wildman–Crippen MR) is 114 cm³/mol. The molecule has 3 N–H and O–H groups in total. The van der Waals surface area contributed by atoms with Crippen molar-refractivity contribution in [2.75, 3.05) is 17.2 Å². The first kappa shape index (κ1) is 18.0. The zero-order valence-corrected chi connectivity index (χ0v) is 16.7. The van der Waals surface area contributed by atoms with E-state index < -0.39 is 0 Å². The first-order valence-corrected chi connectivity index (χ1v) is 10.3. The first-order valence-electron chi connectivity index (χ1n) is 9.53. The maximum atomic E-state index is 11.9. The van der Waals surface area contributed by atoms with Crippen molar-refractivity contribution in [2.45, 2.75) is 24.7 Å². The molecule has 1 radical (unpaired) electrons. The molecule has 0 unspecified atom stereocenters. The molecule has 2 aliphatic heterocycles. The van der Waals surface area contributed by atoms with E-state index in [2.05, 4.69) is 30.1 Å². The fraction of sp³-hybridized carbons (Fsp3) is 0.250. The van der Waals surface area contributed by atoms with Crippen molar-refractivity contribution in [3.8, 4) is 0 Å². The number of fused-ring (bicyclic) bond motifs is 1. The first-order chi connectivity index (χ1) is 14.1. The van der Waals surface area contributed by atoms with Crippen molar-refractivity contribution < 1.29 is 4.79 Å². The highest BCUT2D eigenvalue weighted by molar-refractivity contribution is 7.97. The quantitative estimate of drug-likeness (QED) is 0.505. The standard InChI is InChI=1S/C20H21N7OS/c1-13-10-17(25-24-13)23-19-12-26(11-18-21-8-9-27(18)19)29-16-6-4-15(5-7-16)22-20(28)14-2-3-14/h4-10,12,14H,2-3,11H2,1H3,(H,22,28)(H2,23,24,25)/q+1. The molecule has 1 aromatic heterocycles. The lowest BCUT2D eigenvalue weighted by molar-refractivity contribution is -0.117. The van der Waals surface area contributed by atoms with E-state index in [0.29, 0.717) is 6.54 Å². The van der Waals surface area contributed by atoms with Gasteiger partial charge in [-0.3, -0.25) is 19.5 Å². The van der Waals surface area contributed by atoms with Gasteiger partial charge < -0.3 is 5.32 Å². The number of amides is 1. The van der Waals surface area contributed by atoms with Crippen molar-refractivity contribution in [1.82, 2.24) is 19.4 Å². The Hall–Kier alpha value is -3.04. The molecule has 5 rings (SSSR count). The Morgan fingerprint density at radius 2 is 2.14 bits per heavy atom. The predicted octanol–water partition coefficient (Wildman–Crippen LogP) is 3.32.